The maximum absolute atomic E-state index is 12.9. The Morgan fingerprint density at radius 2 is 1.86 bits per heavy atom. The van der Waals surface area contributed by atoms with E-state index in [9.17, 15) is 19.2 Å². The molecule has 194 valence electrons. The lowest BCUT2D eigenvalue weighted by molar-refractivity contribution is -0.131. The van der Waals surface area contributed by atoms with Crippen LogP contribution < -0.4 is 21.1 Å². The first-order chi connectivity index (χ1) is 17.8. The van der Waals surface area contributed by atoms with Gasteiger partial charge in [0.25, 0.3) is 5.91 Å². The quantitative estimate of drug-likeness (QED) is 0.419. The van der Waals surface area contributed by atoms with Crippen LogP contribution in [-0.2, 0) is 11.2 Å². The number of hydrogen-bond donors (Lipinski definition) is 4. The molecule has 0 bridgehead atoms. The highest BCUT2D eigenvalue weighted by molar-refractivity contribution is 5.99. The van der Waals surface area contributed by atoms with Crippen molar-refractivity contribution in [3.63, 3.8) is 0 Å². The fourth-order valence-electron chi connectivity index (χ4n) is 5.15. The number of fused-ring (bicyclic) bond motifs is 2. The molecule has 3 aromatic rings. The van der Waals surface area contributed by atoms with Crippen LogP contribution in [0.4, 0.5) is 10.5 Å². The van der Waals surface area contributed by atoms with E-state index < -0.39 is 0 Å². The standard InChI is InChI=1S/C26H30N6O5/c1-15-11-17(13-21-23(15)30-25(35)28-21)24(34)27-14-22(33)31-8-6-18(7-9-31)32-10-5-16-12-19(37-2)3-4-20(16)29-26(32)36/h3-4,11-13,18H,5-10,14H2,1-2H3,(H,27,34)(H,29,36)(H2,28,30,35). The van der Waals surface area contributed by atoms with E-state index in [0.717, 1.165) is 29.0 Å². The van der Waals surface area contributed by atoms with Gasteiger partial charge in [-0.3, -0.25) is 9.59 Å². The van der Waals surface area contributed by atoms with Gasteiger partial charge in [0, 0.05) is 36.9 Å². The number of piperidine rings is 1. The Hall–Kier alpha value is -4.28. The van der Waals surface area contributed by atoms with Crippen molar-refractivity contribution in [2.45, 2.75) is 32.2 Å². The molecule has 0 atom stereocenters. The highest BCUT2D eigenvalue weighted by Gasteiger charge is 2.31. The second-order valence-corrected chi connectivity index (χ2v) is 9.49. The van der Waals surface area contributed by atoms with Crippen molar-refractivity contribution in [3.05, 3.63) is 57.5 Å². The lowest BCUT2D eigenvalue weighted by Gasteiger charge is -2.38. The molecule has 3 heterocycles. The molecular weight excluding hydrogens is 476 g/mol. The number of anilines is 1. The highest BCUT2D eigenvalue weighted by Crippen LogP contribution is 2.27. The van der Waals surface area contributed by atoms with E-state index in [2.05, 4.69) is 20.6 Å². The van der Waals surface area contributed by atoms with Crippen molar-refractivity contribution >= 4 is 34.6 Å². The molecule has 1 saturated heterocycles. The molecule has 0 unspecified atom stereocenters. The van der Waals surface area contributed by atoms with Crippen LogP contribution in [0, 0.1) is 6.92 Å². The smallest absolute Gasteiger partial charge is 0.323 e. The number of aryl methyl sites for hydroxylation is 1. The van der Waals surface area contributed by atoms with E-state index >= 15 is 0 Å². The van der Waals surface area contributed by atoms with E-state index in [4.69, 9.17) is 4.74 Å². The summed E-state index contributed by atoms with van der Waals surface area (Å²) in [7, 11) is 1.62. The summed E-state index contributed by atoms with van der Waals surface area (Å²) in [5.41, 5.74) is 3.83. The number of carbonyl (C=O) groups is 3. The van der Waals surface area contributed by atoms with Gasteiger partial charge in [-0.05, 0) is 67.6 Å². The number of hydrogen-bond acceptors (Lipinski definition) is 5. The number of urea groups is 1. The van der Waals surface area contributed by atoms with E-state index in [-0.39, 0.29) is 36.1 Å². The van der Waals surface area contributed by atoms with Crippen LogP contribution in [0.2, 0.25) is 0 Å². The Morgan fingerprint density at radius 1 is 1.08 bits per heavy atom. The summed E-state index contributed by atoms with van der Waals surface area (Å²) in [4.78, 5) is 58.8. The largest absolute Gasteiger partial charge is 0.497 e. The van der Waals surface area contributed by atoms with Gasteiger partial charge in [-0.25, -0.2) is 9.59 Å². The number of aromatic amines is 2. The van der Waals surface area contributed by atoms with Gasteiger partial charge in [-0.15, -0.1) is 0 Å². The lowest BCUT2D eigenvalue weighted by atomic mass is 10.0. The molecule has 5 rings (SSSR count). The Kier molecular flexibility index (Phi) is 6.60. The summed E-state index contributed by atoms with van der Waals surface area (Å²) < 4.78 is 5.30. The molecule has 1 fully saturated rings. The number of nitrogens with zero attached hydrogens (tertiary/aromatic N) is 2. The second-order valence-electron chi connectivity index (χ2n) is 9.49. The molecule has 4 amide bonds. The zero-order chi connectivity index (χ0) is 26.1. The zero-order valence-corrected chi connectivity index (χ0v) is 20.8. The van der Waals surface area contributed by atoms with Crippen LogP contribution in [0.3, 0.4) is 0 Å². The number of carbonyl (C=O) groups excluding carboxylic acids is 3. The molecule has 37 heavy (non-hydrogen) atoms. The van der Waals surface area contributed by atoms with Crippen LogP contribution in [-0.4, -0.2) is 76.9 Å². The van der Waals surface area contributed by atoms with Gasteiger partial charge in [0.1, 0.15) is 5.75 Å². The fourth-order valence-corrected chi connectivity index (χ4v) is 5.15. The van der Waals surface area contributed by atoms with Crippen LogP contribution in [0.5, 0.6) is 5.75 Å². The molecule has 2 aromatic carbocycles. The summed E-state index contributed by atoms with van der Waals surface area (Å²) >= 11 is 0. The number of H-pyrrole nitrogens is 2. The van der Waals surface area contributed by atoms with Crippen molar-refractivity contribution < 1.29 is 19.1 Å². The summed E-state index contributed by atoms with van der Waals surface area (Å²) in [6.45, 7) is 3.31. The topological polar surface area (TPSA) is 140 Å². The van der Waals surface area contributed by atoms with Crippen molar-refractivity contribution in [3.8, 4) is 5.75 Å². The molecule has 11 heteroatoms. The maximum atomic E-state index is 12.9. The Bertz CT molecular complexity index is 1420. The monoisotopic (exact) mass is 506 g/mol. The average molecular weight is 507 g/mol. The SMILES string of the molecule is COc1ccc2c(c1)CCN(C1CCN(C(=O)CNC(=O)c3cc(C)c4[nH]c(=O)[nH]c4c3)CC1)C(=O)N2. The number of nitrogens with one attached hydrogen (secondary N) is 4. The first kappa shape index (κ1) is 24.4. The first-order valence-corrected chi connectivity index (χ1v) is 12.4. The summed E-state index contributed by atoms with van der Waals surface area (Å²) in [5.74, 6) is 0.211. The van der Waals surface area contributed by atoms with Gasteiger partial charge < -0.3 is 35.1 Å². The number of methoxy groups -OCH3 is 1. The second kappa shape index (κ2) is 10.00. The predicted octanol–water partition coefficient (Wildman–Crippen LogP) is 1.98. The van der Waals surface area contributed by atoms with Crippen LogP contribution >= 0.6 is 0 Å². The van der Waals surface area contributed by atoms with Crippen LogP contribution in [0.1, 0.15) is 34.3 Å². The lowest BCUT2D eigenvalue weighted by Crippen LogP contribution is -2.51. The number of likely N-dealkylation sites (tertiary alicyclic amines) is 1. The average Bonchev–Trinajstić information content (AvgIpc) is 3.20. The van der Waals surface area contributed by atoms with Gasteiger partial charge in [-0.1, -0.05) is 0 Å². The Balaban J connectivity index is 1.14. The minimum absolute atomic E-state index is 0.0352. The first-order valence-electron chi connectivity index (χ1n) is 12.4. The van der Waals surface area contributed by atoms with Gasteiger partial charge in [0.05, 0.1) is 24.7 Å². The van der Waals surface area contributed by atoms with Crippen LogP contribution in [0.15, 0.2) is 35.1 Å². The molecule has 2 aliphatic rings. The normalized spacial score (nSPS) is 16.2. The van der Waals surface area contributed by atoms with E-state index in [0.29, 0.717) is 49.1 Å². The zero-order valence-electron chi connectivity index (χ0n) is 20.8. The van der Waals surface area contributed by atoms with E-state index in [1.54, 1.807) is 31.1 Å². The van der Waals surface area contributed by atoms with E-state index in [1.165, 1.54) is 0 Å². The van der Waals surface area contributed by atoms with Crippen molar-refractivity contribution in [1.82, 2.24) is 25.1 Å². The highest BCUT2D eigenvalue weighted by atomic mass is 16.5. The molecule has 0 spiro atoms. The predicted molar refractivity (Wildman–Crippen MR) is 138 cm³/mol. The number of benzene rings is 2. The summed E-state index contributed by atoms with van der Waals surface area (Å²) in [5, 5.41) is 5.69. The van der Waals surface area contributed by atoms with Crippen molar-refractivity contribution in [2.24, 2.45) is 0 Å². The molecule has 11 nitrogen and oxygen atoms in total. The minimum Gasteiger partial charge on any atom is -0.497 e. The molecule has 0 aliphatic carbocycles. The molecule has 0 radical (unpaired) electrons. The molecule has 1 aromatic heterocycles. The number of ether oxygens (including phenoxy) is 1. The number of amides is 4. The Labute approximate surface area is 213 Å². The van der Waals surface area contributed by atoms with Gasteiger partial charge in [0.15, 0.2) is 0 Å². The third kappa shape index (κ3) is 5.02. The van der Waals surface area contributed by atoms with Crippen LogP contribution in [0.25, 0.3) is 11.0 Å². The van der Waals surface area contributed by atoms with Crippen molar-refractivity contribution in [2.75, 3.05) is 38.6 Å². The third-order valence-corrected chi connectivity index (χ3v) is 7.18. The fraction of sp³-hybridized carbons (Fsp3) is 0.385. The van der Waals surface area contributed by atoms with E-state index in [1.807, 2.05) is 23.1 Å². The molecule has 2 aliphatic heterocycles. The summed E-state index contributed by atoms with van der Waals surface area (Å²) in [6, 6.07) is 8.82. The molecule has 4 N–H and O–H groups in total. The third-order valence-electron chi connectivity index (χ3n) is 7.18. The summed E-state index contributed by atoms with van der Waals surface area (Å²) in [6.07, 6.45) is 2.06. The van der Waals surface area contributed by atoms with Gasteiger partial charge in [0.2, 0.25) is 5.91 Å². The van der Waals surface area contributed by atoms with Gasteiger partial charge in [-0.2, -0.15) is 0 Å². The number of aromatic nitrogens is 2. The maximum Gasteiger partial charge on any atom is 0.323 e. The number of rotatable bonds is 5. The molecule has 0 saturated carbocycles. The Morgan fingerprint density at radius 3 is 2.62 bits per heavy atom. The van der Waals surface area contributed by atoms with Crippen molar-refractivity contribution in [1.29, 1.82) is 0 Å². The molecular formula is C26H30N6O5. The number of imidazole rings is 1. The minimum atomic E-state index is -0.382. The van der Waals surface area contributed by atoms with Gasteiger partial charge >= 0.3 is 11.7 Å².